The van der Waals surface area contributed by atoms with E-state index in [-0.39, 0.29) is 0 Å². The third kappa shape index (κ3) is 1.95. The second-order valence-corrected chi connectivity index (χ2v) is 3.97. The third-order valence-corrected chi connectivity index (χ3v) is 2.99. The molecule has 1 fully saturated rings. The van der Waals surface area contributed by atoms with Crippen molar-refractivity contribution in [1.29, 1.82) is 0 Å². The normalized spacial score (nSPS) is 25.1. The van der Waals surface area contributed by atoms with Crippen molar-refractivity contribution in [2.45, 2.75) is 25.6 Å². The second-order valence-electron chi connectivity index (χ2n) is 3.97. The SMILES string of the molecule is CC(c1ccccc1)N1CCC(F)C1. The van der Waals surface area contributed by atoms with Crippen molar-refractivity contribution in [3.8, 4) is 0 Å². The number of rotatable bonds is 2. The van der Waals surface area contributed by atoms with Gasteiger partial charge in [-0.2, -0.15) is 0 Å². The first-order valence-corrected chi connectivity index (χ1v) is 5.20. The summed E-state index contributed by atoms with van der Waals surface area (Å²) in [4.78, 5) is 2.21. The van der Waals surface area contributed by atoms with Crippen LogP contribution in [0.4, 0.5) is 4.39 Å². The standard InChI is InChI=1S/C12H16FN/c1-10(11-5-3-2-4-6-11)14-8-7-12(13)9-14/h2-6,10,12H,7-9H2,1H3. The molecule has 0 saturated carbocycles. The Bertz CT molecular complexity index is 286. The first kappa shape index (κ1) is 9.66. The number of likely N-dealkylation sites (tertiary alicyclic amines) is 1. The van der Waals surface area contributed by atoms with Crippen molar-refractivity contribution in [3.05, 3.63) is 35.9 Å². The fraction of sp³-hybridized carbons (Fsp3) is 0.500. The van der Waals surface area contributed by atoms with Gasteiger partial charge in [0.1, 0.15) is 6.17 Å². The summed E-state index contributed by atoms with van der Waals surface area (Å²) < 4.78 is 13.0. The van der Waals surface area contributed by atoms with Gasteiger partial charge in [-0.3, -0.25) is 4.90 Å². The van der Waals surface area contributed by atoms with E-state index in [1.165, 1.54) is 5.56 Å². The molecule has 2 atom stereocenters. The highest BCUT2D eigenvalue weighted by Crippen LogP contribution is 2.25. The van der Waals surface area contributed by atoms with Crippen molar-refractivity contribution in [1.82, 2.24) is 4.90 Å². The molecule has 2 heteroatoms. The molecule has 1 heterocycles. The molecule has 14 heavy (non-hydrogen) atoms. The first-order chi connectivity index (χ1) is 6.77. The summed E-state index contributed by atoms with van der Waals surface area (Å²) in [6.45, 7) is 3.63. The molecule has 0 bridgehead atoms. The average molecular weight is 193 g/mol. The van der Waals surface area contributed by atoms with E-state index in [0.717, 1.165) is 6.54 Å². The van der Waals surface area contributed by atoms with Gasteiger partial charge in [0.15, 0.2) is 0 Å². The van der Waals surface area contributed by atoms with Crippen molar-refractivity contribution in [2.24, 2.45) is 0 Å². The van der Waals surface area contributed by atoms with Gasteiger partial charge in [-0.25, -0.2) is 4.39 Å². The topological polar surface area (TPSA) is 3.24 Å². The molecule has 1 saturated heterocycles. The molecule has 0 aliphatic carbocycles. The fourth-order valence-corrected chi connectivity index (χ4v) is 2.04. The monoisotopic (exact) mass is 193 g/mol. The lowest BCUT2D eigenvalue weighted by atomic mass is 10.1. The Balaban J connectivity index is 2.05. The number of benzene rings is 1. The Morgan fingerprint density at radius 1 is 1.36 bits per heavy atom. The minimum atomic E-state index is -0.624. The predicted octanol–water partition coefficient (Wildman–Crippen LogP) is 2.79. The fourth-order valence-electron chi connectivity index (χ4n) is 2.04. The second kappa shape index (κ2) is 4.09. The van der Waals surface area contributed by atoms with E-state index in [0.29, 0.717) is 19.0 Å². The predicted molar refractivity (Wildman–Crippen MR) is 55.9 cm³/mol. The van der Waals surface area contributed by atoms with Crippen LogP contribution >= 0.6 is 0 Å². The van der Waals surface area contributed by atoms with Crippen LogP contribution < -0.4 is 0 Å². The van der Waals surface area contributed by atoms with Crippen LogP contribution in [0.3, 0.4) is 0 Å². The maximum atomic E-state index is 13.0. The summed E-state index contributed by atoms with van der Waals surface area (Å²) in [5.41, 5.74) is 1.28. The highest BCUT2D eigenvalue weighted by molar-refractivity contribution is 5.18. The zero-order valence-electron chi connectivity index (χ0n) is 8.49. The maximum Gasteiger partial charge on any atom is 0.114 e. The maximum absolute atomic E-state index is 13.0. The molecular formula is C12H16FN. The van der Waals surface area contributed by atoms with Gasteiger partial charge in [-0.05, 0) is 18.9 Å². The van der Waals surface area contributed by atoms with E-state index in [1.807, 2.05) is 18.2 Å². The van der Waals surface area contributed by atoms with Crippen LogP contribution in [0.1, 0.15) is 24.9 Å². The third-order valence-electron chi connectivity index (χ3n) is 2.99. The van der Waals surface area contributed by atoms with Crippen molar-refractivity contribution in [3.63, 3.8) is 0 Å². The van der Waals surface area contributed by atoms with Crippen LogP contribution in [0.2, 0.25) is 0 Å². The van der Waals surface area contributed by atoms with E-state index in [4.69, 9.17) is 0 Å². The van der Waals surface area contributed by atoms with Crippen molar-refractivity contribution < 1.29 is 4.39 Å². The molecule has 2 rings (SSSR count). The van der Waals surface area contributed by atoms with Crippen LogP contribution in [0.25, 0.3) is 0 Å². The van der Waals surface area contributed by atoms with Gasteiger partial charge < -0.3 is 0 Å². The smallest absolute Gasteiger partial charge is 0.114 e. The molecule has 0 amide bonds. The van der Waals surface area contributed by atoms with E-state index < -0.39 is 6.17 Å². The molecule has 76 valence electrons. The van der Waals surface area contributed by atoms with Crippen LogP contribution in [0, 0.1) is 0 Å². The van der Waals surface area contributed by atoms with Crippen LogP contribution in [0.5, 0.6) is 0 Å². The lowest BCUT2D eigenvalue weighted by Gasteiger charge is -2.23. The van der Waals surface area contributed by atoms with E-state index in [2.05, 4.69) is 24.0 Å². The minimum Gasteiger partial charge on any atom is -0.294 e. The van der Waals surface area contributed by atoms with Crippen LogP contribution in [-0.4, -0.2) is 24.2 Å². The largest absolute Gasteiger partial charge is 0.294 e. The molecule has 1 aromatic rings. The van der Waals surface area contributed by atoms with Crippen LogP contribution in [0.15, 0.2) is 30.3 Å². The van der Waals surface area contributed by atoms with Crippen molar-refractivity contribution in [2.75, 3.05) is 13.1 Å². The molecule has 0 N–H and O–H groups in total. The number of hydrogen-bond donors (Lipinski definition) is 0. The summed E-state index contributed by atoms with van der Waals surface area (Å²) >= 11 is 0. The Labute approximate surface area is 84.5 Å². The van der Waals surface area contributed by atoms with Gasteiger partial charge in [-0.15, -0.1) is 0 Å². The molecule has 0 aromatic heterocycles. The molecule has 2 unspecified atom stereocenters. The first-order valence-electron chi connectivity index (χ1n) is 5.20. The van der Waals surface area contributed by atoms with Crippen LogP contribution in [-0.2, 0) is 0 Å². The number of nitrogens with zero attached hydrogens (tertiary/aromatic N) is 1. The Hall–Kier alpha value is -0.890. The number of halogens is 1. The van der Waals surface area contributed by atoms with Gasteiger partial charge in [0.05, 0.1) is 0 Å². The van der Waals surface area contributed by atoms with Crippen molar-refractivity contribution >= 4 is 0 Å². The quantitative estimate of drug-likeness (QED) is 0.698. The van der Waals surface area contributed by atoms with E-state index in [9.17, 15) is 4.39 Å². The molecule has 1 aromatic carbocycles. The Kier molecular flexibility index (Phi) is 2.82. The molecule has 1 aliphatic rings. The lowest BCUT2D eigenvalue weighted by Crippen LogP contribution is -2.24. The Morgan fingerprint density at radius 2 is 2.07 bits per heavy atom. The van der Waals surface area contributed by atoms with Gasteiger partial charge in [0.25, 0.3) is 0 Å². The summed E-state index contributed by atoms with van der Waals surface area (Å²) in [5.74, 6) is 0. The zero-order valence-corrected chi connectivity index (χ0v) is 8.49. The molecule has 0 radical (unpaired) electrons. The average Bonchev–Trinajstić information content (AvgIpc) is 2.65. The number of hydrogen-bond acceptors (Lipinski definition) is 1. The molecular weight excluding hydrogens is 177 g/mol. The minimum absolute atomic E-state index is 0.344. The van der Waals surface area contributed by atoms with Gasteiger partial charge in [-0.1, -0.05) is 30.3 Å². The highest BCUT2D eigenvalue weighted by Gasteiger charge is 2.25. The Morgan fingerprint density at radius 3 is 2.64 bits per heavy atom. The van der Waals surface area contributed by atoms with Gasteiger partial charge >= 0.3 is 0 Å². The molecule has 1 nitrogen and oxygen atoms in total. The van der Waals surface area contributed by atoms with Gasteiger partial charge in [0.2, 0.25) is 0 Å². The molecule has 1 aliphatic heterocycles. The van der Waals surface area contributed by atoms with E-state index in [1.54, 1.807) is 0 Å². The summed E-state index contributed by atoms with van der Waals surface area (Å²) in [5, 5.41) is 0. The zero-order chi connectivity index (χ0) is 9.97. The molecule has 0 spiro atoms. The summed E-state index contributed by atoms with van der Waals surface area (Å²) in [7, 11) is 0. The summed E-state index contributed by atoms with van der Waals surface area (Å²) in [6, 6.07) is 10.6. The van der Waals surface area contributed by atoms with E-state index >= 15 is 0 Å². The lowest BCUT2D eigenvalue weighted by molar-refractivity contribution is 0.235. The number of alkyl halides is 1. The van der Waals surface area contributed by atoms with Gasteiger partial charge in [0, 0.05) is 19.1 Å². The highest BCUT2D eigenvalue weighted by atomic mass is 19.1. The summed E-state index contributed by atoms with van der Waals surface area (Å²) in [6.07, 6.45) is 0.0677.